The molecule has 1 aromatic heterocycles. The van der Waals surface area contributed by atoms with Gasteiger partial charge in [-0.25, -0.2) is 0 Å². The molecule has 1 aromatic carbocycles. The van der Waals surface area contributed by atoms with Gasteiger partial charge >= 0.3 is 0 Å². The molecule has 3 atom stereocenters. The van der Waals surface area contributed by atoms with Gasteiger partial charge in [0.1, 0.15) is 0 Å². The molecule has 1 saturated heterocycles. The number of ether oxygens (including phenoxy) is 1. The summed E-state index contributed by atoms with van der Waals surface area (Å²) in [7, 11) is 2.19. The number of benzene rings is 1. The first-order valence-electron chi connectivity index (χ1n) is 11.5. The molecular weight excluding hydrogens is 370 g/mol. The Hall–Kier alpha value is -2.46. The summed E-state index contributed by atoms with van der Waals surface area (Å²) in [6, 6.07) is 8.06. The van der Waals surface area contributed by atoms with Crippen LogP contribution in [0.1, 0.15) is 49.7 Å². The predicted octanol–water partition coefficient (Wildman–Crippen LogP) is 4.74. The third kappa shape index (κ3) is 2.77. The van der Waals surface area contributed by atoms with Gasteiger partial charge in [0.25, 0.3) is 0 Å². The lowest BCUT2D eigenvalue weighted by Gasteiger charge is -2.47. The van der Waals surface area contributed by atoms with Crippen LogP contribution in [0.5, 0.6) is 0 Å². The summed E-state index contributed by atoms with van der Waals surface area (Å²) in [6.07, 6.45) is 14.0. The van der Waals surface area contributed by atoms with Crippen LogP contribution in [0, 0.1) is 0 Å². The molecular formula is C26H31N3O. The Morgan fingerprint density at radius 2 is 2.17 bits per heavy atom. The Kier molecular flexibility index (Phi) is 4.31. The second kappa shape index (κ2) is 7.05. The maximum atomic E-state index is 5.39. The quantitative estimate of drug-likeness (QED) is 0.803. The molecule has 0 amide bonds. The number of aromatic nitrogens is 1. The van der Waals surface area contributed by atoms with Crippen LogP contribution in [0.4, 0.5) is 0 Å². The lowest BCUT2D eigenvalue weighted by atomic mass is 9.73. The molecule has 4 heteroatoms. The molecule has 4 nitrogen and oxygen atoms in total. The van der Waals surface area contributed by atoms with Crippen molar-refractivity contribution >= 4 is 10.9 Å². The van der Waals surface area contributed by atoms with Crippen LogP contribution in [0.3, 0.4) is 0 Å². The van der Waals surface area contributed by atoms with Crippen molar-refractivity contribution in [2.24, 2.45) is 7.05 Å². The normalized spacial score (nSPS) is 27.7. The Bertz CT molecular complexity index is 1090. The lowest BCUT2D eigenvalue weighted by molar-refractivity contribution is 0.102. The average Bonchev–Trinajstić information content (AvgIpc) is 3.31. The number of rotatable bonds is 4. The second-order valence-electron chi connectivity index (χ2n) is 9.43. The summed E-state index contributed by atoms with van der Waals surface area (Å²) in [5, 5.41) is 5.51. The van der Waals surface area contributed by atoms with E-state index >= 15 is 0 Å². The van der Waals surface area contributed by atoms with Crippen molar-refractivity contribution in [1.82, 2.24) is 14.8 Å². The SMILES string of the molecule is CCCN1CC(NC2=C3C=COC=C3CC2)C[C@@H]2c3cccc4c3c(cn4C)C[C@H]21. The highest BCUT2D eigenvalue weighted by atomic mass is 16.5. The standard InChI is InChI=1S/C26H31N3O/c1-3-10-29-15-19(27-23-8-7-17-16-30-11-9-20(17)23)13-22-21-5-4-6-24-26(21)18(12-25(22)29)14-28(24)2/h4-6,9,11,14,16,19,22,25,27H,3,7-8,10,12-13,15H2,1-2H3/t19?,22-,25-/m1/s1. The number of piperidine rings is 1. The minimum atomic E-state index is 0.497. The number of nitrogens with one attached hydrogen (secondary N) is 1. The van der Waals surface area contributed by atoms with E-state index in [0.717, 1.165) is 19.4 Å². The molecule has 1 unspecified atom stereocenters. The third-order valence-corrected chi connectivity index (χ3v) is 7.61. The second-order valence-corrected chi connectivity index (χ2v) is 9.43. The molecule has 1 N–H and O–H groups in total. The first-order chi connectivity index (χ1) is 14.7. The van der Waals surface area contributed by atoms with E-state index in [2.05, 4.69) is 59.2 Å². The Balaban J connectivity index is 1.35. The molecule has 2 aromatic rings. The highest BCUT2D eigenvalue weighted by Gasteiger charge is 2.41. The molecule has 0 bridgehead atoms. The van der Waals surface area contributed by atoms with E-state index in [1.807, 2.05) is 12.5 Å². The first-order valence-corrected chi connectivity index (χ1v) is 11.5. The van der Waals surface area contributed by atoms with E-state index in [4.69, 9.17) is 4.74 Å². The number of likely N-dealkylation sites (tertiary alicyclic amines) is 1. The zero-order chi connectivity index (χ0) is 20.2. The molecule has 156 valence electrons. The molecule has 6 rings (SSSR count). The van der Waals surface area contributed by atoms with Crippen molar-refractivity contribution in [1.29, 1.82) is 0 Å². The van der Waals surface area contributed by atoms with Gasteiger partial charge in [-0.15, -0.1) is 0 Å². The van der Waals surface area contributed by atoms with E-state index in [9.17, 15) is 0 Å². The van der Waals surface area contributed by atoms with Crippen LogP contribution in [0.15, 0.2) is 59.8 Å². The van der Waals surface area contributed by atoms with E-state index < -0.39 is 0 Å². The monoisotopic (exact) mass is 401 g/mol. The van der Waals surface area contributed by atoms with Gasteiger partial charge in [0.05, 0.1) is 12.5 Å². The molecule has 2 aliphatic heterocycles. The molecule has 0 spiro atoms. The zero-order valence-corrected chi connectivity index (χ0v) is 18.0. The highest BCUT2D eigenvalue weighted by Crippen LogP contribution is 2.44. The van der Waals surface area contributed by atoms with Crippen molar-refractivity contribution in [3.8, 4) is 0 Å². The van der Waals surface area contributed by atoms with Crippen molar-refractivity contribution in [2.75, 3.05) is 13.1 Å². The van der Waals surface area contributed by atoms with Crippen LogP contribution in [0.2, 0.25) is 0 Å². The number of allylic oxidation sites excluding steroid dienone is 4. The molecule has 3 heterocycles. The van der Waals surface area contributed by atoms with Crippen LogP contribution in [-0.4, -0.2) is 34.6 Å². The highest BCUT2D eigenvalue weighted by molar-refractivity contribution is 5.89. The van der Waals surface area contributed by atoms with Crippen LogP contribution in [-0.2, 0) is 18.2 Å². The van der Waals surface area contributed by atoms with Gasteiger partial charge in [0.15, 0.2) is 0 Å². The van der Waals surface area contributed by atoms with Crippen LogP contribution >= 0.6 is 0 Å². The van der Waals surface area contributed by atoms with Crippen molar-refractivity contribution in [3.63, 3.8) is 0 Å². The summed E-state index contributed by atoms with van der Waals surface area (Å²) in [5.41, 5.74) is 8.62. The molecule has 1 fully saturated rings. The Morgan fingerprint density at radius 3 is 3.07 bits per heavy atom. The van der Waals surface area contributed by atoms with Gasteiger partial charge in [-0.2, -0.15) is 0 Å². The number of aryl methyl sites for hydroxylation is 1. The largest absolute Gasteiger partial charge is 0.472 e. The summed E-state index contributed by atoms with van der Waals surface area (Å²) >= 11 is 0. The molecule has 4 aliphatic rings. The predicted molar refractivity (Wildman–Crippen MR) is 121 cm³/mol. The van der Waals surface area contributed by atoms with Gasteiger partial charge in [-0.1, -0.05) is 19.1 Å². The van der Waals surface area contributed by atoms with E-state index in [1.165, 1.54) is 53.6 Å². The van der Waals surface area contributed by atoms with Gasteiger partial charge in [0.2, 0.25) is 0 Å². The summed E-state index contributed by atoms with van der Waals surface area (Å²) < 4.78 is 7.72. The minimum Gasteiger partial charge on any atom is -0.472 e. The van der Waals surface area contributed by atoms with Gasteiger partial charge in [-0.3, -0.25) is 4.90 Å². The fraction of sp³-hybridized carbons (Fsp3) is 0.462. The minimum absolute atomic E-state index is 0.497. The summed E-state index contributed by atoms with van der Waals surface area (Å²) in [4.78, 5) is 2.78. The smallest absolute Gasteiger partial charge is 0.0940 e. The number of hydrogen-bond acceptors (Lipinski definition) is 3. The van der Waals surface area contributed by atoms with Gasteiger partial charge in [0, 0.05) is 60.0 Å². The van der Waals surface area contributed by atoms with Crippen LogP contribution in [0.25, 0.3) is 10.9 Å². The van der Waals surface area contributed by atoms with Crippen molar-refractivity contribution in [3.05, 3.63) is 71.0 Å². The molecule has 0 radical (unpaired) electrons. The van der Waals surface area contributed by atoms with E-state index in [1.54, 1.807) is 11.1 Å². The number of hydrogen-bond donors (Lipinski definition) is 1. The van der Waals surface area contributed by atoms with Crippen LogP contribution < -0.4 is 5.32 Å². The average molecular weight is 402 g/mol. The summed E-state index contributed by atoms with van der Waals surface area (Å²) in [5.74, 6) is 0.605. The fourth-order valence-electron chi connectivity index (χ4n) is 6.40. The van der Waals surface area contributed by atoms with Gasteiger partial charge < -0.3 is 14.6 Å². The Labute approximate surface area is 178 Å². The van der Waals surface area contributed by atoms with Crippen molar-refractivity contribution < 1.29 is 4.74 Å². The molecule has 2 aliphatic carbocycles. The number of nitrogens with zero attached hydrogens (tertiary/aromatic N) is 2. The molecule has 30 heavy (non-hydrogen) atoms. The maximum absolute atomic E-state index is 5.39. The lowest BCUT2D eigenvalue weighted by Crippen LogP contribution is -2.55. The van der Waals surface area contributed by atoms with E-state index in [-0.39, 0.29) is 0 Å². The van der Waals surface area contributed by atoms with Crippen molar-refractivity contribution in [2.45, 2.75) is 57.0 Å². The summed E-state index contributed by atoms with van der Waals surface area (Å²) in [6.45, 7) is 4.64. The maximum Gasteiger partial charge on any atom is 0.0940 e. The zero-order valence-electron chi connectivity index (χ0n) is 18.0. The third-order valence-electron chi connectivity index (χ3n) is 7.61. The van der Waals surface area contributed by atoms with Gasteiger partial charge in [-0.05, 0) is 67.5 Å². The Morgan fingerprint density at radius 1 is 1.23 bits per heavy atom. The fourth-order valence-corrected chi connectivity index (χ4v) is 6.40. The number of fused-ring (bicyclic) bond motifs is 3. The topological polar surface area (TPSA) is 29.4 Å². The van der Waals surface area contributed by atoms with E-state index in [0.29, 0.717) is 18.0 Å². The first kappa shape index (κ1) is 18.3. The molecule has 0 saturated carbocycles.